The number of nitrogens with zero attached hydrogens (tertiary/aromatic N) is 3. The summed E-state index contributed by atoms with van der Waals surface area (Å²) < 4.78 is 17.9. The van der Waals surface area contributed by atoms with Crippen LogP contribution in [-0.4, -0.2) is 41.5 Å². The number of esters is 1. The molecule has 9 heteroatoms. The topological polar surface area (TPSA) is 79.3 Å². The highest BCUT2D eigenvalue weighted by Crippen LogP contribution is 2.34. The van der Waals surface area contributed by atoms with Crippen molar-refractivity contribution < 1.29 is 23.5 Å². The first-order valence-electron chi connectivity index (χ1n) is 9.97. The molecule has 164 valence electrons. The van der Waals surface area contributed by atoms with E-state index in [1.54, 1.807) is 4.90 Å². The van der Waals surface area contributed by atoms with Crippen LogP contribution in [0, 0.1) is 5.82 Å². The number of amides is 2. The lowest BCUT2D eigenvalue weighted by Crippen LogP contribution is -2.28. The first-order chi connectivity index (χ1) is 15.4. The zero-order chi connectivity index (χ0) is 22.7. The molecule has 2 aromatic carbocycles. The second-order valence-electron chi connectivity index (χ2n) is 7.21. The molecule has 2 saturated heterocycles. The van der Waals surface area contributed by atoms with Crippen molar-refractivity contribution in [1.82, 2.24) is 4.90 Å². The van der Waals surface area contributed by atoms with Gasteiger partial charge in [-0.2, -0.15) is 0 Å². The minimum atomic E-state index is -0.636. The summed E-state index contributed by atoms with van der Waals surface area (Å²) >= 11 is 1.05. The molecular formula is C23H20FN3O4S. The van der Waals surface area contributed by atoms with Gasteiger partial charge >= 0.3 is 5.97 Å². The maximum absolute atomic E-state index is 13.2. The van der Waals surface area contributed by atoms with E-state index < -0.39 is 5.97 Å². The van der Waals surface area contributed by atoms with Gasteiger partial charge in [-0.05, 0) is 60.1 Å². The number of hydrogen-bond donors (Lipinski definition) is 0. The average Bonchev–Trinajstić information content (AvgIpc) is 3.34. The zero-order valence-corrected chi connectivity index (χ0v) is 18.1. The first-order valence-corrected chi connectivity index (χ1v) is 10.8. The Kier molecular flexibility index (Phi) is 6.36. The van der Waals surface area contributed by atoms with Crippen molar-refractivity contribution >= 4 is 46.1 Å². The fraction of sp³-hybridized carbons (Fsp3) is 0.217. The van der Waals surface area contributed by atoms with Crippen molar-refractivity contribution in [1.29, 1.82) is 0 Å². The average molecular weight is 453 g/mol. The van der Waals surface area contributed by atoms with E-state index in [-0.39, 0.29) is 29.1 Å². The molecule has 0 N–H and O–H groups in total. The van der Waals surface area contributed by atoms with Crippen molar-refractivity contribution in [2.75, 3.05) is 18.6 Å². The summed E-state index contributed by atoms with van der Waals surface area (Å²) in [7, 11) is 1.24. The van der Waals surface area contributed by atoms with Crippen molar-refractivity contribution in [3.05, 3.63) is 70.9 Å². The van der Waals surface area contributed by atoms with Crippen molar-refractivity contribution in [2.24, 2.45) is 4.99 Å². The van der Waals surface area contributed by atoms with E-state index in [4.69, 9.17) is 0 Å². The highest BCUT2D eigenvalue weighted by Gasteiger charge is 2.34. The number of aliphatic imine (C=N–C) groups is 1. The molecule has 2 fully saturated rings. The van der Waals surface area contributed by atoms with Gasteiger partial charge in [0, 0.05) is 24.7 Å². The number of thioether (sulfide) groups is 1. The summed E-state index contributed by atoms with van der Waals surface area (Å²) in [6.45, 7) is 0.925. The van der Waals surface area contributed by atoms with Gasteiger partial charge in [0.05, 0.1) is 24.2 Å². The van der Waals surface area contributed by atoms with E-state index in [0.29, 0.717) is 23.8 Å². The van der Waals surface area contributed by atoms with Crippen LogP contribution in [0.25, 0.3) is 0 Å². The van der Waals surface area contributed by atoms with Crippen LogP contribution in [-0.2, 0) is 25.7 Å². The van der Waals surface area contributed by atoms with Crippen LogP contribution in [0.5, 0.6) is 0 Å². The van der Waals surface area contributed by atoms with Crippen molar-refractivity contribution in [3.63, 3.8) is 0 Å². The Labute approximate surface area is 188 Å². The molecule has 0 bridgehead atoms. The molecule has 0 saturated carbocycles. The molecule has 0 unspecified atom stereocenters. The lowest BCUT2D eigenvalue weighted by Gasteiger charge is -2.18. The molecule has 2 heterocycles. The largest absolute Gasteiger partial charge is 0.466 e. The number of rotatable bonds is 5. The maximum atomic E-state index is 13.2. The number of hydrogen-bond acceptors (Lipinski definition) is 6. The summed E-state index contributed by atoms with van der Waals surface area (Å²) in [5.41, 5.74) is 2.14. The van der Waals surface area contributed by atoms with E-state index >= 15 is 0 Å². The van der Waals surface area contributed by atoms with E-state index in [1.807, 2.05) is 24.3 Å². The zero-order valence-electron chi connectivity index (χ0n) is 17.3. The SMILES string of the molecule is COC(=O)C=C1SC(=Nc2ccc(F)cc2)N(Cc2ccc(N3CCCC3=O)cc2)C1=O. The summed E-state index contributed by atoms with van der Waals surface area (Å²) in [5.74, 6) is -1.29. The number of amidine groups is 1. The molecule has 4 rings (SSSR count). The molecule has 0 aliphatic carbocycles. The minimum absolute atomic E-state index is 0.107. The molecule has 2 aromatic rings. The monoisotopic (exact) mass is 453 g/mol. The first kappa shape index (κ1) is 21.8. The molecule has 0 aromatic heterocycles. The van der Waals surface area contributed by atoms with Gasteiger partial charge in [-0.3, -0.25) is 14.5 Å². The Balaban J connectivity index is 1.60. The number of carbonyl (C=O) groups is 3. The molecular weight excluding hydrogens is 433 g/mol. The van der Waals surface area contributed by atoms with E-state index in [1.165, 1.54) is 36.3 Å². The smallest absolute Gasteiger partial charge is 0.331 e. The predicted octanol–water partition coefficient (Wildman–Crippen LogP) is 3.77. The van der Waals surface area contributed by atoms with Gasteiger partial charge in [0.15, 0.2) is 5.17 Å². The number of methoxy groups -OCH3 is 1. The van der Waals surface area contributed by atoms with Crippen molar-refractivity contribution in [3.8, 4) is 0 Å². The van der Waals surface area contributed by atoms with E-state index in [0.717, 1.165) is 35.5 Å². The fourth-order valence-electron chi connectivity index (χ4n) is 3.41. The van der Waals surface area contributed by atoms with Crippen LogP contribution in [0.1, 0.15) is 18.4 Å². The molecule has 0 radical (unpaired) electrons. The van der Waals surface area contributed by atoms with Crippen LogP contribution in [0.3, 0.4) is 0 Å². The molecule has 2 amide bonds. The van der Waals surface area contributed by atoms with Crippen LogP contribution in [0.4, 0.5) is 15.8 Å². The second kappa shape index (κ2) is 9.35. The number of benzene rings is 2. The quantitative estimate of drug-likeness (QED) is 0.509. The predicted molar refractivity (Wildman–Crippen MR) is 120 cm³/mol. The summed E-state index contributed by atoms with van der Waals surface area (Å²) in [4.78, 5) is 44.5. The lowest BCUT2D eigenvalue weighted by molar-refractivity contribution is -0.135. The Hall–Kier alpha value is -3.46. The van der Waals surface area contributed by atoms with E-state index in [9.17, 15) is 18.8 Å². The van der Waals surface area contributed by atoms with Crippen molar-refractivity contribution in [2.45, 2.75) is 19.4 Å². The van der Waals surface area contributed by atoms with Crippen LogP contribution >= 0.6 is 11.8 Å². The molecule has 7 nitrogen and oxygen atoms in total. The Morgan fingerprint density at radius 3 is 2.50 bits per heavy atom. The number of carbonyl (C=O) groups excluding carboxylic acids is 3. The van der Waals surface area contributed by atoms with Gasteiger partial charge in [-0.25, -0.2) is 14.2 Å². The third-order valence-corrected chi connectivity index (χ3v) is 6.06. The molecule has 32 heavy (non-hydrogen) atoms. The number of halogens is 1. The van der Waals surface area contributed by atoms with Crippen LogP contribution in [0.2, 0.25) is 0 Å². The van der Waals surface area contributed by atoms with E-state index in [2.05, 4.69) is 9.73 Å². The molecule has 2 aliphatic rings. The number of anilines is 1. The lowest BCUT2D eigenvalue weighted by atomic mass is 10.2. The van der Waals surface area contributed by atoms with Gasteiger partial charge in [0.25, 0.3) is 5.91 Å². The van der Waals surface area contributed by atoms with Gasteiger partial charge in [0.1, 0.15) is 5.82 Å². The van der Waals surface area contributed by atoms with Gasteiger partial charge in [0.2, 0.25) is 5.91 Å². The summed E-state index contributed by atoms with van der Waals surface area (Å²) in [5, 5.41) is 0.371. The second-order valence-corrected chi connectivity index (χ2v) is 8.22. The van der Waals surface area contributed by atoms with Gasteiger partial charge < -0.3 is 9.64 Å². The third-order valence-electron chi connectivity index (χ3n) is 5.05. The Bertz CT molecular complexity index is 1110. The Morgan fingerprint density at radius 1 is 1.16 bits per heavy atom. The molecule has 0 atom stereocenters. The number of ether oxygens (including phenoxy) is 1. The standard InChI is InChI=1S/C23H20FN3O4S/c1-31-21(29)13-19-22(30)27(23(32-19)25-17-8-6-16(24)7-9-17)14-15-4-10-18(11-5-15)26-12-2-3-20(26)28/h4-11,13H,2-3,12,14H2,1H3. The molecule has 2 aliphatic heterocycles. The summed E-state index contributed by atoms with van der Waals surface area (Å²) in [6, 6.07) is 13.0. The fourth-order valence-corrected chi connectivity index (χ4v) is 4.37. The van der Waals surface area contributed by atoms with Crippen LogP contribution in [0.15, 0.2) is 64.5 Å². The normalized spacial score (nSPS) is 18.8. The summed E-state index contributed by atoms with van der Waals surface area (Å²) in [6.07, 6.45) is 2.54. The third kappa shape index (κ3) is 4.72. The molecule has 0 spiro atoms. The minimum Gasteiger partial charge on any atom is -0.466 e. The Morgan fingerprint density at radius 2 is 1.88 bits per heavy atom. The highest BCUT2D eigenvalue weighted by molar-refractivity contribution is 8.18. The highest BCUT2D eigenvalue weighted by atomic mass is 32.2. The maximum Gasteiger partial charge on any atom is 0.331 e. The van der Waals surface area contributed by atoms with Gasteiger partial charge in [-0.1, -0.05) is 12.1 Å². The van der Waals surface area contributed by atoms with Crippen LogP contribution < -0.4 is 4.90 Å². The van der Waals surface area contributed by atoms with Gasteiger partial charge in [-0.15, -0.1) is 0 Å².